The Morgan fingerprint density at radius 2 is 1.48 bits per heavy atom. The van der Waals surface area contributed by atoms with E-state index in [0.717, 1.165) is 30.2 Å². The standard InChI is InChI=1S/C47H55ClF3N7O6/c1-8-62-35-23-32(55(5)28-35)29-63-44-52-40-25-36(39(48)24-37(40)43(54-44)56-19-21-57(22-20-56)45(59)64-46(2,3)4)42-38(47(49,50)51)17-18-41(53-42)58(26-30-9-13-33(60-6)14-10-30)27-31-11-15-34(61-7)16-12-31/h9-18,24-25,32,35H,8,19-23,26-29H2,1-7H3/t32-,35+/m0/s1. The lowest BCUT2D eigenvalue weighted by Gasteiger charge is -2.36. The van der Waals surface area contributed by atoms with E-state index >= 15 is 13.2 Å². The molecule has 2 fully saturated rings. The van der Waals surface area contributed by atoms with Gasteiger partial charge in [0.1, 0.15) is 35.3 Å². The van der Waals surface area contributed by atoms with E-state index in [1.807, 2.05) is 93.1 Å². The Balaban J connectivity index is 1.29. The van der Waals surface area contributed by atoms with Crippen molar-refractivity contribution in [3.05, 3.63) is 94.5 Å². The lowest BCUT2D eigenvalue weighted by Crippen LogP contribution is -2.50. The van der Waals surface area contributed by atoms with Gasteiger partial charge in [-0.15, -0.1) is 0 Å². The number of piperazine rings is 1. The second kappa shape index (κ2) is 19.7. The van der Waals surface area contributed by atoms with E-state index in [-0.39, 0.29) is 41.0 Å². The molecule has 2 aliphatic heterocycles. The summed E-state index contributed by atoms with van der Waals surface area (Å²) in [4.78, 5) is 35.1. The molecule has 2 aliphatic rings. The second-order valence-electron chi connectivity index (χ2n) is 17.0. The Kier molecular flexibility index (Phi) is 14.3. The topological polar surface area (TPSA) is 115 Å². The molecule has 2 atom stereocenters. The van der Waals surface area contributed by atoms with E-state index < -0.39 is 23.4 Å². The molecule has 1 amide bonds. The summed E-state index contributed by atoms with van der Waals surface area (Å²) < 4.78 is 73.6. The van der Waals surface area contributed by atoms with Crippen LogP contribution in [0.25, 0.3) is 22.2 Å². The zero-order valence-corrected chi connectivity index (χ0v) is 38.0. The predicted octanol–water partition coefficient (Wildman–Crippen LogP) is 9.13. The van der Waals surface area contributed by atoms with Crippen molar-refractivity contribution < 1.29 is 41.7 Å². The zero-order chi connectivity index (χ0) is 45.8. The molecule has 0 spiro atoms. The fourth-order valence-corrected chi connectivity index (χ4v) is 8.21. The van der Waals surface area contributed by atoms with Crippen LogP contribution < -0.4 is 24.0 Å². The van der Waals surface area contributed by atoms with Crippen LogP contribution in [0.2, 0.25) is 5.02 Å². The SMILES string of the molecule is CCO[C@@H]1C[C@@H](COc2nc(N3CCN(C(=O)OC(C)(C)C)CC3)c3cc(Cl)c(-c4nc(N(Cc5ccc(OC)cc5)Cc5ccc(OC)cc5)ccc4C(F)(F)F)cc3n2)N(C)C1. The molecule has 5 aromatic rings. The summed E-state index contributed by atoms with van der Waals surface area (Å²) >= 11 is 7.05. The zero-order valence-electron chi connectivity index (χ0n) is 37.2. The summed E-state index contributed by atoms with van der Waals surface area (Å²) in [6, 6.07) is 20.6. The van der Waals surface area contributed by atoms with Gasteiger partial charge < -0.3 is 38.4 Å². The number of carbonyl (C=O) groups excluding carboxylic acids is 1. The molecule has 13 nitrogen and oxygen atoms in total. The summed E-state index contributed by atoms with van der Waals surface area (Å²) in [7, 11) is 5.17. The van der Waals surface area contributed by atoms with Gasteiger partial charge >= 0.3 is 18.3 Å². The third kappa shape index (κ3) is 11.2. The monoisotopic (exact) mass is 905 g/mol. The summed E-state index contributed by atoms with van der Waals surface area (Å²) in [5.41, 5.74) is 0.175. The number of methoxy groups -OCH3 is 2. The molecule has 0 radical (unpaired) electrons. The van der Waals surface area contributed by atoms with Crippen molar-refractivity contribution >= 4 is 40.2 Å². The van der Waals surface area contributed by atoms with E-state index in [2.05, 4.69) is 4.90 Å². The van der Waals surface area contributed by atoms with Crippen LogP contribution in [0.1, 0.15) is 50.8 Å². The fourth-order valence-electron chi connectivity index (χ4n) is 7.96. The Morgan fingerprint density at radius 1 is 0.859 bits per heavy atom. The number of anilines is 2. The van der Waals surface area contributed by atoms with Crippen LogP contribution in [-0.4, -0.2) is 116 Å². The average Bonchev–Trinajstić information content (AvgIpc) is 3.62. The number of pyridine rings is 1. The van der Waals surface area contributed by atoms with Crippen molar-refractivity contribution in [3.63, 3.8) is 0 Å². The van der Waals surface area contributed by atoms with Crippen LogP contribution in [0, 0.1) is 0 Å². The van der Waals surface area contributed by atoms with Gasteiger partial charge in [-0.05, 0) is 101 Å². The van der Waals surface area contributed by atoms with E-state index in [1.165, 1.54) is 12.1 Å². The maximum atomic E-state index is 15.0. The molecule has 17 heteroatoms. The summed E-state index contributed by atoms with van der Waals surface area (Å²) in [5, 5.41) is 0.534. The number of halogens is 4. The Labute approximate surface area is 377 Å². The summed E-state index contributed by atoms with van der Waals surface area (Å²) in [5.74, 6) is 2.13. The van der Waals surface area contributed by atoms with Gasteiger partial charge in [-0.25, -0.2) is 9.78 Å². The highest BCUT2D eigenvalue weighted by atomic mass is 35.5. The molecule has 7 rings (SSSR count). The highest BCUT2D eigenvalue weighted by Crippen LogP contribution is 2.42. The van der Waals surface area contributed by atoms with Gasteiger partial charge in [-0.2, -0.15) is 23.1 Å². The molecule has 2 saturated heterocycles. The first kappa shape index (κ1) is 46.4. The van der Waals surface area contributed by atoms with Crippen LogP contribution in [0.5, 0.6) is 17.5 Å². The first-order valence-electron chi connectivity index (χ1n) is 21.3. The van der Waals surface area contributed by atoms with E-state index in [0.29, 0.717) is 79.9 Å². The lowest BCUT2D eigenvalue weighted by atomic mass is 10.0. The number of aromatic nitrogens is 3. The van der Waals surface area contributed by atoms with Crippen molar-refractivity contribution in [2.45, 2.75) is 71.1 Å². The quantitative estimate of drug-likeness (QED) is 0.106. The second-order valence-corrected chi connectivity index (χ2v) is 17.4. The number of likely N-dealkylation sites (tertiary alicyclic amines) is 1. The predicted molar refractivity (Wildman–Crippen MR) is 241 cm³/mol. The van der Waals surface area contributed by atoms with Crippen molar-refractivity contribution in [1.29, 1.82) is 0 Å². The van der Waals surface area contributed by atoms with E-state index in [1.54, 1.807) is 25.2 Å². The Hall–Kier alpha value is -5.58. The van der Waals surface area contributed by atoms with Crippen molar-refractivity contribution in [2.75, 3.05) is 77.0 Å². The molecule has 0 saturated carbocycles. The minimum Gasteiger partial charge on any atom is -0.497 e. The van der Waals surface area contributed by atoms with Crippen molar-refractivity contribution in [1.82, 2.24) is 24.8 Å². The first-order chi connectivity index (χ1) is 30.5. The van der Waals surface area contributed by atoms with E-state index in [9.17, 15) is 4.79 Å². The number of alkyl halides is 3. The molecule has 0 bridgehead atoms. The van der Waals surface area contributed by atoms with Crippen LogP contribution >= 0.6 is 11.6 Å². The number of amides is 1. The molecule has 3 aromatic carbocycles. The fraction of sp³-hybridized carbons (Fsp3) is 0.447. The number of carbonyl (C=O) groups is 1. The average molecular weight is 906 g/mol. The minimum atomic E-state index is -4.78. The van der Waals surface area contributed by atoms with Gasteiger partial charge in [0.15, 0.2) is 0 Å². The summed E-state index contributed by atoms with van der Waals surface area (Å²) in [6.45, 7) is 11.2. The van der Waals surface area contributed by atoms with Gasteiger partial charge in [0.25, 0.3) is 0 Å². The number of rotatable bonds is 14. The third-order valence-electron chi connectivity index (χ3n) is 11.3. The number of fused-ring (bicyclic) bond motifs is 1. The molecular weight excluding hydrogens is 851 g/mol. The number of hydrogen-bond donors (Lipinski definition) is 0. The number of benzene rings is 3. The van der Waals surface area contributed by atoms with Gasteiger partial charge in [0.05, 0.1) is 42.1 Å². The highest BCUT2D eigenvalue weighted by molar-refractivity contribution is 6.34. The largest absolute Gasteiger partial charge is 0.497 e. The van der Waals surface area contributed by atoms with Gasteiger partial charge in [-0.1, -0.05) is 35.9 Å². The van der Waals surface area contributed by atoms with Crippen molar-refractivity contribution in [2.24, 2.45) is 0 Å². The van der Waals surface area contributed by atoms with Crippen LogP contribution in [0.15, 0.2) is 72.8 Å². The van der Waals surface area contributed by atoms with E-state index in [4.69, 9.17) is 50.2 Å². The molecule has 4 heterocycles. The van der Waals surface area contributed by atoms with Gasteiger partial charge in [0, 0.05) is 69.4 Å². The Morgan fingerprint density at radius 3 is 2.05 bits per heavy atom. The normalized spacial score (nSPS) is 17.2. The smallest absolute Gasteiger partial charge is 0.418 e. The molecule has 0 unspecified atom stereocenters. The summed E-state index contributed by atoms with van der Waals surface area (Å²) in [6.07, 6.45) is -4.37. The number of hydrogen-bond acceptors (Lipinski definition) is 12. The molecule has 342 valence electrons. The molecule has 64 heavy (non-hydrogen) atoms. The first-order valence-corrected chi connectivity index (χ1v) is 21.7. The number of ether oxygens (including phenoxy) is 5. The molecule has 0 aliphatic carbocycles. The maximum absolute atomic E-state index is 15.0. The molecule has 0 N–H and O–H groups in total. The van der Waals surface area contributed by atoms with Crippen LogP contribution in [0.4, 0.5) is 29.6 Å². The van der Waals surface area contributed by atoms with Crippen molar-refractivity contribution in [3.8, 4) is 28.8 Å². The van der Waals surface area contributed by atoms with Gasteiger partial charge in [0.2, 0.25) is 0 Å². The molecule has 2 aromatic heterocycles. The highest BCUT2D eigenvalue weighted by Gasteiger charge is 2.37. The Bertz CT molecular complexity index is 2340. The lowest BCUT2D eigenvalue weighted by molar-refractivity contribution is -0.137. The number of nitrogens with zero attached hydrogens (tertiary/aromatic N) is 7. The third-order valence-corrected chi connectivity index (χ3v) is 11.6. The maximum Gasteiger partial charge on any atom is 0.418 e. The molecular formula is C47H55ClF3N7O6. The van der Waals surface area contributed by atoms with Crippen LogP contribution in [-0.2, 0) is 28.7 Å². The van der Waals surface area contributed by atoms with Gasteiger partial charge in [-0.3, -0.25) is 4.90 Å². The minimum absolute atomic E-state index is 0.0255. The number of likely N-dealkylation sites (N-methyl/N-ethyl adjacent to an activating group) is 1. The van der Waals surface area contributed by atoms with Crippen LogP contribution in [0.3, 0.4) is 0 Å².